The zero-order valence-corrected chi connectivity index (χ0v) is 14.5. The van der Waals surface area contributed by atoms with Gasteiger partial charge in [-0.25, -0.2) is 0 Å². The number of allylic oxidation sites excluding steroid dienone is 2. The molecule has 0 aromatic carbocycles. The van der Waals surface area contributed by atoms with Crippen molar-refractivity contribution in [1.82, 2.24) is 10.2 Å². The lowest BCUT2D eigenvalue weighted by atomic mass is 9.75. The number of hydrogen-bond donors (Lipinski definition) is 1. The van der Waals surface area contributed by atoms with Gasteiger partial charge in [0, 0.05) is 30.1 Å². The SMILES string of the molecule is CCN(CC)CCOCCNC1=C(C(C)(C)C)C(=S)C1. The van der Waals surface area contributed by atoms with Crippen molar-refractivity contribution in [3.8, 4) is 0 Å². The monoisotopic (exact) mass is 298 g/mol. The molecule has 0 heterocycles. The summed E-state index contributed by atoms with van der Waals surface area (Å²) < 4.78 is 5.67. The number of nitrogens with one attached hydrogen (secondary N) is 1. The molecule has 4 heteroatoms. The van der Waals surface area contributed by atoms with Gasteiger partial charge < -0.3 is 15.0 Å². The van der Waals surface area contributed by atoms with Gasteiger partial charge in [-0.05, 0) is 24.1 Å². The van der Waals surface area contributed by atoms with Gasteiger partial charge in [-0.3, -0.25) is 0 Å². The van der Waals surface area contributed by atoms with Crippen LogP contribution in [-0.2, 0) is 4.74 Å². The first kappa shape index (κ1) is 17.6. The summed E-state index contributed by atoms with van der Waals surface area (Å²) in [5.41, 5.74) is 2.80. The summed E-state index contributed by atoms with van der Waals surface area (Å²) >= 11 is 5.37. The van der Waals surface area contributed by atoms with Crippen LogP contribution in [0.3, 0.4) is 0 Å². The predicted molar refractivity (Wildman–Crippen MR) is 90.3 cm³/mol. The Hall–Kier alpha value is -0.450. The molecule has 1 rings (SSSR count). The zero-order chi connectivity index (χ0) is 15.2. The molecule has 20 heavy (non-hydrogen) atoms. The van der Waals surface area contributed by atoms with E-state index in [1.54, 1.807) is 0 Å². The minimum Gasteiger partial charge on any atom is -0.385 e. The third-order valence-electron chi connectivity index (χ3n) is 3.70. The van der Waals surface area contributed by atoms with E-state index in [2.05, 4.69) is 44.8 Å². The summed E-state index contributed by atoms with van der Waals surface area (Å²) in [5, 5.41) is 3.48. The van der Waals surface area contributed by atoms with E-state index in [1.807, 2.05) is 0 Å². The molecule has 0 saturated carbocycles. The van der Waals surface area contributed by atoms with Crippen LogP contribution in [-0.4, -0.2) is 49.2 Å². The first-order valence-electron chi connectivity index (χ1n) is 7.71. The van der Waals surface area contributed by atoms with Gasteiger partial charge in [0.2, 0.25) is 0 Å². The number of rotatable bonds is 9. The van der Waals surface area contributed by atoms with Gasteiger partial charge in [-0.15, -0.1) is 0 Å². The van der Waals surface area contributed by atoms with E-state index < -0.39 is 0 Å². The van der Waals surface area contributed by atoms with Crippen LogP contribution in [0.5, 0.6) is 0 Å². The molecule has 0 fully saturated rings. The first-order chi connectivity index (χ1) is 9.40. The van der Waals surface area contributed by atoms with Crippen molar-refractivity contribution >= 4 is 17.1 Å². The molecule has 1 aliphatic carbocycles. The van der Waals surface area contributed by atoms with Gasteiger partial charge in [0.15, 0.2) is 0 Å². The molecule has 0 saturated heterocycles. The van der Waals surface area contributed by atoms with E-state index in [0.717, 1.165) is 50.7 Å². The topological polar surface area (TPSA) is 24.5 Å². The van der Waals surface area contributed by atoms with Gasteiger partial charge in [0.25, 0.3) is 0 Å². The number of ether oxygens (including phenoxy) is 1. The van der Waals surface area contributed by atoms with Crippen LogP contribution in [0.15, 0.2) is 11.3 Å². The molecular formula is C16H30N2OS. The van der Waals surface area contributed by atoms with E-state index in [0.29, 0.717) is 0 Å². The fourth-order valence-electron chi connectivity index (χ4n) is 2.53. The average Bonchev–Trinajstić information content (AvgIpc) is 2.34. The zero-order valence-electron chi connectivity index (χ0n) is 13.7. The molecule has 0 aromatic heterocycles. The second-order valence-corrected chi connectivity index (χ2v) is 6.76. The molecule has 0 aromatic rings. The Labute approximate surface area is 129 Å². The van der Waals surface area contributed by atoms with Crippen LogP contribution >= 0.6 is 12.2 Å². The average molecular weight is 298 g/mol. The van der Waals surface area contributed by atoms with Crippen molar-refractivity contribution in [3.05, 3.63) is 11.3 Å². The highest BCUT2D eigenvalue weighted by atomic mass is 32.1. The van der Waals surface area contributed by atoms with Crippen LogP contribution in [0.2, 0.25) is 0 Å². The van der Waals surface area contributed by atoms with E-state index in [1.165, 1.54) is 11.3 Å². The molecule has 0 aliphatic heterocycles. The minimum absolute atomic E-state index is 0.154. The molecule has 1 N–H and O–H groups in total. The normalized spacial score (nSPS) is 15.8. The molecular weight excluding hydrogens is 268 g/mol. The van der Waals surface area contributed by atoms with Gasteiger partial charge in [0.05, 0.1) is 13.2 Å². The van der Waals surface area contributed by atoms with Crippen LogP contribution < -0.4 is 5.32 Å². The van der Waals surface area contributed by atoms with Gasteiger partial charge in [0.1, 0.15) is 0 Å². The van der Waals surface area contributed by atoms with Crippen molar-refractivity contribution in [3.63, 3.8) is 0 Å². The Bertz CT molecular complexity index is 354. The molecule has 0 unspecified atom stereocenters. The van der Waals surface area contributed by atoms with Crippen molar-refractivity contribution < 1.29 is 4.74 Å². The van der Waals surface area contributed by atoms with E-state index >= 15 is 0 Å². The molecule has 0 atom stereocenters. The fraction of sp³-hybridized carbons (Fsp3) is 0.812. The summed E-state index contributed by atoms with van der Waals surface area (Å²) in [6.07, 6.45) is 0.932. The van der Waals surface area contributed by atoms with Crippen molar-refractivity contribution in [2.45, 2.75) is 41.0 Å². The first-order valence-corrected chi connectivity index (χ1v) is 8.11. The smallest absolute Gasteiger partial charge is 0.0639 e. The highest BCUT2D eigenvalue weighted by molar-refractivity contribution is 7.81. The van der Waals surface area contributed by atoms with E-state index in [9.17, 15) is 0 Å². The minimum atomic E-state index is 0.154. The summed E-state index contributed by atoms with van der Waals surface area (Å²) in [4.78, 5) is 3.49. The Morgan fingerprint density at radius 3 is 2.35 bits per heavy atom. The molecule has 3 nitrogen and oxygen atoms in total. The maximum Gasteiger partial charge on any atom is 0.0639 e. The van der Waals surface area contributed by atoms with Crippen molar-refractivity contribution in [2.75, 3.05) is 39.4 Å². The number of hydrogen-bond acceptors (Lipinski definition) is 4. The highest BCUT2D eigenvalue weighted by Gasteiger charge is 2.32. The Balaban J connectivity index is 2.19. The molecule has 0 bridgehead atoms. The van der Waals surface area contributed by atoms with Gasteiger partial charge in [-0.2, -0.15) is 0 Å². The third-order valence-corrected chi connectivity index (χ3v) is 4.05. The van der Waals surface area contributed by atoms with Crippen LogP contribution in [0.1, 0.15) is 41.0 Å². The highest BCUT2D eigenvalue weighted by Crippen LogP contribution is 2.37. The van der Waals surface area contributed by atoms with Crippen molar-refractivity contribution in [2.24, 2.45) is 5.41 Å². The molecule has 0 spiro atoms. The lowest BCUT2D eigenvalue weighted by Gasteiger charge is -2.35. The van der Waals surface area contributed by atoms with Crippen LogP contribution in [0.4, 0.5) is 0 Å². The molecule has 1 aliphatic rings. The number of likely N-dealkylation sites (N-methyl/N-ethyl adjacent to an activating group) is 1. The second-order valence-electron chi connectivity index (χ2n) is 6.27. The summed E-state index contributed by atoms with van der Waals surface area (Å²) in [7, 11) is 0. The Morgan fingerprint density at radius 1 is 1.20 bits per heavy atom. The van der Waals surface area contributed by atoms with Crippen LogP contribution in [0.25, 0.3) is 0 Å². The number of thiocarbonyl (C=S) groups is 1. The lowest BCUT2D eigenvalue weighted by molar-refractivity contribution is 0.110. The number of nitrogens with zero attached hydrogens (tertiary/aromatic N) is 1. The molecule has 0 amide bonds. The van der Waals surface area contributed by atoms with Crippen LogP contribution in [0, 0.1) is 5.41 Å². The summed E-state index contributed by atoms with van der Waals surface area (Å²) in [5.74, 6) is 0. The largest absolute Gasteiger partial charge is 0.385 e. The maximum atomic E-state index is 5.67. The molecule has 0 radical (unpaired) electrons. The Kier molecular flexibility index (Phi) is 7.13. The molecule has 116 valence electrons. The standard InChI is InChI=1S/C16H30N2OS/c1-6-18(7-2)9-11-19-10-8-17-13-12-14(20)15(13)16(3,4)5/h17H,6-12H2,1-5H3. The third kappa shape index (κ3) is 5.15. The van der Waals surface area contributed by atoms with Gasteiger partial charge >= 0.3 is 0 Å². The lowest BCUT2D eigenvalue weighted by Crippen LogP contribution is -2.35. The van der Waals surface area contributed by atoms with E-state index in [-0.39, 0.29) is 5.41 Å². The maximum absolute atomic E-state index is 5.67. The van der Waals surface area contributed by atoms with E-state index in [4.69, 9.17) is 17.0 Å². The van der Waals surface area contributed by atoms with Gasteiger partial charge in [-0.1, -0.05) is 46.8 Å². The quantitative estimate of drug-likeness (QED) is 0.522. The fourth-order valence-corrected chi connectivity index (χ4v) is 3.10. The Morgan fingerprint density at radius 2 is 1.85 bits per heavy atom. The second kappa shape index (κ2) is 8.11. The summed E-state index contributed by atoms with van der Waals surface area (Å²) in [6.45, 7) is 16.7. The predicted octanol–water partition coefficient (Wildman–Crippen LogP) is 3.01. The summed E-state index contributed by atoms with van der Waals surface area (Å²) in [6, 6.07) is 0. The van der Waals surface area contributed by atoms with Crippen molar-refractivity contribution in [1.29, 1.82) is 0 Å².